The van der Waals surface area contributed by atoms with E-state index in [1.54, 1.807) is 12.1 Å². The van der Waals surface area contributed by atoms with Crippen LogP contribution in [0.3, 0.4) is 0 Å². The first-order valence-electron chi connectivity index (χ1n) is 13.4. The van der Waals surface area contributed by atoms with Gasteiger partial charge in [-0.05, 0) is 55.8 Å². The van der Waals surface area contributed by atoms with Gasteiger partial charge in [-0.15, -0.1) is 11.3 Å². The fraction of sp³-hybridized carbons (Fsp3) is 0.414. The van der Waals surface area contributed by atoms with Crippen LogP contribution in [0.5, 0.6) is 5.75 Å². The van der Waals surface area contributed by atoms with Crippen molar-refractivity contribution in [2.24, 2.45) is 5.14 Å². The summed E-state index contributed by atoms with van der Waals surface area (Å²) in [6.45, 7) is 5.97. The fourth-order valence-electron chi connectivity index (χ4n) is 4.86. The summed E-state index contributed by atoms with van der Waals surface area (Å²) < 4.78 is 70.3. The van der Waals surface area contributed by atoms with E-state index in [-0.39, 0.29) is 35.4 Å². The molecule has 1 aliphatic heterocycles. The molecule has 0 amide bonds. The molecule has 224 valence electrons. The van der Waals surface area contributed by atoms with Crippen LogP contribution >= 0.6 is 11.3 Å². The first-order valence-corrected chi connectivity index (χ1v) is 15.7. The predicted molar refractivity (Wildman–Crippen MR) is 159 cm³/mol. The highest BCUT2D eigenvalue weighted by Gasteiger charge is 2.31. The molecule has 1 fully saturated rings. The van der Waals surface area contributed by atoms with Gasteiger partial charge in [-0.2, -0.15) is 18.4 Å². The van der Waals surface area contributed by atoms with E-state index < -0.39 is 22.6 Å². The van der Waals surface area contributed by atoms with Crippen LogP contribution < -0.4 is 20.5 Å². The van der Waals surface area contributed by atoms with E-state index in [2.05, 4.69) is 41.2 Å². The van der Waals surface area contributed by atoms with Crippen LogP contribution in [-0.2, 0) is 16.4 Å². The van der Waals surface area contributed by atoms with Crippen molar-refractivity contribution < 1.29 is 26.3 Å². The van der Waals surface area contributed by atoms with Gasteiger partial charge in [-0.3, -0.25) is 0 Å². The summed E-state index contributed by atoms with van der Waals surface area (Å²) in [6, 6.07) is 11.8. The molecular formula is C29H32F3N5O3S2. The highest BCUT2D eigenvalue weighted by atomic mass is 32.2. The van der Waals surface area contributed by atoms with Gasteiger partial charge in [-0.1, -0.05) is 24.0 Å². The van der Waals surface area contributed by atoms with E-state index in [1.165, 1.54) is 29.5 Å². The molecule has 0 aliphatic carbocycles. The molecule has 0 atom stereocenters. The molecule has 42 heavy (non-hydrogen) atoms. The lowest BCUT2D eigenvalue weighted by atomic mass is 10.0. The first-order chi connectivity index (χ1) is 19.9. The number of thiophene rings is 1. The number of hydrogen-bond donors (Lipinski definition) is 3. The minimum atomic E-state index is -4.41. The third-order valence-corrected chi connectivity index (χ3v) is 9.07. The SMILES string of the molecule is CC(C)N1CCC(Nc2cccc3c(CC(F)(F)F)c(C#CCNc4ccc(S(N)(=O)=O)cc4OCC#N)sc23)CC1. The van der Waals surface area contributed by atoms with Crippen molar-refractivity contribution in [1.82, 2.24) is 4.90 Å². The lowest BCUT2D eigenvalue weighted by Crippen LogP contribution is -2.42. The molecule has 2 heterocycles. The molecule has 13 heteroatoms. The zero-order valence-electron chi connectivity index (χ0n) is 23.2. The van der Waals surface area contributed by atoms with Crippen molar-refractivity contribution in [1.29, 1.82) is 5.26 Å². The smallest absolute Gasteiger partial charge is 0.393 e. The number of primary sulfonamides is 1. The summed E-state index contributed by atoms with van der Waals surface area (Å²) in [6.07, 6.45) is -3.60. The summed E-state index contributed by atoms with van der Waals surface area (Å²) in [5.74, 6) is 5.86. The van der Waals surface area contributed by atoms with Crippen LogP contribution in [-0.4, -0.2) is 57.8 Å². The van der Waals surface area contributed by atoms with Crippen LogP contribution in [0.25, 0.3) is 10.1 Å². The zero-order valence-corrected chi connectivity index (χ0v) is 24.8. The second-order valence-corrected chi connectivity index (χ2v) is 12.8. The third kappa shape index (κ3) is 8.07. The predicted octanol–water partition coefficient (Wildman–Crippen LogP) is 5.30. The lowest BCUT2D eigenvalue weighted by molar-refractivity contribution is -0.126. The summed E-state index contributed by atoms with van der Waals surface area (Å²) in [4.78, 5) is 2.56. The van der Waals surface area contributed by atoms with Crippen LogP contribution in [0.15, 0.2) is 41.3 Å². The van der Waals surface area contributed by atoms with E-state index in [1.807, 2.05) is 12.1 Å². The fourth-order valence-corrected chi connectivity index (χ4v) is 6.56. The molecule has 1 saturated heterocycles. The van der Waals surface area contributed by atoms with Gasteiger partial charge in [0.1, 0.15) is 11.8 Å². The Balaban J connectivity index is 1.58. The number of sulfonamides is 1. The largest absolute Gasteiger partial charge is 0.477 e. The summed E-state index contributed by atoms with van der Waals surface area (Å²) in [5, 5.41) is 21.1. The highest BCUT2D eigenvalue weighted by molar-refractivity contribution is 7.89. The number of rotatable bonds is 9. The Hall–Kier alpha value is -3.49. The Bertz CT molecular complexity index is 1630. The number of nitrogens with one attached hydrogen (secondary N) is 2. The number of piperidine rings is 1. The van der Waals surface area contributed by atoms with Gasteiger partial charge < -0.3 is 20.3 Å². The van der Waals surface area contributed by atoms with Gasteiger partial charge in [-0.25, -0.2) is 13.6 Å². The van der Waals surface area contributed by atoms with E-state index in [9.17, 15) is 21.6 Å². The number of nitrogens with two attached hydrogens (primary N) is 1. The third-order valence-electron chi connectivity index (χ3n) is 6.96. The van der Waals surface area contributed by atoms with Gasteiger partial charge in [0, 0.05) is 31.2 Å². The Kier molecular flexibility index (Phi) is 9.89. The van der Waals surface area contributed by atoms with Crippen LogP contribution in [0.2, 0.25) is 0 Å². The van der Waals surface area contributed by atoms with Crippen molar-refractivity contribution >= 4 is 42.8 Å². The molecule has 4 N–H and O–H groups in total. The van der Waals surface area contributed by atoms with Crippen LogP contribution in [0.4, 0.5) is 24.5 Å². The normalized spacial score (nSPS) is 14.8. The van der Waals surface area contributed by atoms with E-state index in [0.717, 1.165) is 36.3 Å². The van der Waals surface area contributed by atoms with E-state index in [4.69, 9.17) is 15.1 Å². The van der Waals surface area contributed by atoms with E-state index >= 15 is 0 Å². The minimum absolute atomic E-state index is 0.0247. The molecule has 0 bridgehead atoms. The number of alkyl halides is 3. The molecule has 0 unspecified atom stereocenters. The van der Waals surface area contributed by atoms with Gasteiger partial charge in [0.25, 0.3) is 0 Å². The van der Waals surface area contributed by atoms with Crippen LogP contribution in [0.1, 0.15) is 37.1 Å². The van der Waals surface area contributed by atoms with Crippen molar-refractivity contribution in [3.05, 3.63) is 46.8 Å². The quantitative estimate of drug-likeness (QED) is 0.278. The number of anilines is 2. The number of ether oxygens (including phenoxy) is 1. The molecule has 8 nitrogen and oxygen atoms in total. The molecule has 3 aromatic rings. The van der Waals surface area contributed by atoms with Gasteiger partial charge in [0.15, 0.2) is 6.61 Å². The number of fused-ring (bicyclic) bond motifs is 1. The Morgan fingerprint density at radius 1 is 1.19 bits per heavy atom. The second-order valence-electron chi connectivity index (χ2n) is 10.2. The van der Waals surface area contributed by atoms with Crippen molar-refractivity contribution in [3.8, 4) is 23.7 Å². The van der Waals surface area contributed by atoms with E-state index in [0.29, 0.717) is 22.0 Å². The number of halogens is 3. The Morgan fingerprint density at radius 2 is 1.93 bits per heavy atom. The van der Waals surface area contributed by atoms with Crippen molar-refractivity contribution in [3.63, 3.8) is 0 Å². The monoisotopic (exact) mass is 619 g/mol. The maximum absolute atomic E-state index is 13.6. The summed E-state index contributed by atoms with van der Waals surface area (Å²) in [5.41, 5.74) is 1.31. The van der Waals surface area contributed by atoms with Crippen molar-refractivity contribution in [2.45, 2.75) is 56.3 Å². The van der Waals surface area contributed by atoms with Gasteiger partial charge in [0.2, 0.25) is 10.0 Å². The molecule has 2 aromatic carbocycles. The minimum Gasteiger partial charge on any atom is -0.477 e. The summed E-state index contributed by atoms with van der Waals surface area (Å²) in [7, 11) is -4.00. The number of nitrogens with zero attached hydrogens (tertiary/aromatic N) is 2. The van der Waals surface area contributed by atoms with Gasteiger partial charge in [0.05, 0.1) is 38.8 Å². The standard InChI is InChI=1S/C29H32F3N5O3S2/c1-19(2)37-14-10-20(11-15-37)36-25-6-3-5-22-23(18-29(30,31)32)27(41-28(22)25)7-4-13-35-24-9-8-21(42(34,38)39)17-26(24)40-16-12-33/h3,5-6,8-9,17,19-20,35-36H,10-11,13-16,18H2,1-2H3,(H2,34,38,39). The zero-order chi connectivity index (χ0) is 30.5. The van der Waals surface area contributed by atoms with Crippen molar-refractivity contribution in [2.75, 3.05) is 36.9 Å². The molecule has 0 saturated carbocycles. The topological polar surface area (TPSA) is 120 Å². The number of benzene rings is 2. The average molecular weight is 620 g/mol. The molecule has 1 aliphatic rings. The average Bonchev–Trinajstić information content (AvgIpc) is 3.26. The molecule has 4 rings (SSSR count). The maximum Gasteiger partial charge on any atom is 0.393 e. The number of nitriles is 1. The Labute approximate surface area is 247 Å². The second kappa shape index (κ2) is 13.2. The molecular weight excluding hydrogens is 587 g/mol. The Morgan fingerprint density at radius 3 is 2.57 bits per heavy atom. The molecule has 0 radical (unpaired) electrons. The maximum atomic E-state index is 13.6. The highest BCUT2D eigenvalue weighted by Crippen LogP contribution is 2.39. The first kappa shape index (κ1) is 31.4. The lowest BCUT2D eigenvalue weighted by Gasteiger charge is -2.35. The number of likely N-dealkylation sites (tertiary alicyclic amines) is 1. The van der Waals surface area contributed by atoms with Crippen LogP contribution in [0, 0.1) is 23.2 Å². The van der Waals surface area contributed by atoms with Gasteiger partial charge >= 0.3 is 6.18 Å². The summed E-state index contributed by atoms with van der Waals surface area (Å²) >= 11 is 1.23. The number of hydrogen-bond acceptors (Lipinski definition) is 8. The molecule has 1 aromatic heterocycles. The molecule has 0 spiro atoms.